The van der Waals surface area contributed by atoms with E-state index in [0.29, 0.717) is 13.2 Å². The van der Waals surface area contributed by atoms with Gasteiger partial charge >= 0.3 is 0 Å². The highest BCUT2D eigenvalue weighted by Gasteiger charge is 2.29. The second-order valence-corrected chi connectivity index (χ2v) is 5.43. The molecule has 0 saturated carbocycles. The van der Waals surface area contributed by atoms with Crippen molar-refractivity contribution in [2.24, 2.45) is 5.73 Å². The minimum absolute atomic E-state index is 0.187. The number of para-hydroxylation sites is 1. The molecule has 1 fully saturated rings. The van der Waals surface area contributed by atoms with Crippen LogP contribution in [0.5, 0.6) is 5.75 Å². The first-order valence-corrected chi connectivity index (χ1v) is 7.47. The maximum Gasteiger partial charge on any atom is 0.124 e. The van der Waals surface area contributed by atoms with E-state index in [9.17, 15) is 0 Å². The van der Waals surface area contributed by atoms with Crippen molar-refractivity contribution in [3.63, 3.8) is 0 Å². The molecule has 0 unspecified atom stereocenters. The molecule has 1 heterocycles. The quantitative estimate of drug-likeness (QED) is 0.897. The lowest BCUT2D eigenvalue weighted by Gasteiger charge is -2.40. The maximum absolute atomic E-state index is 6.05. The van der Waals surface area contributed by atoms with E-state index in [-0.39, 0.29) is 18.2 Å². The summed E-state index contributed by atoms with van der Waals surface area (Å²) < 4.78 is 11.6. The van der Waals surface area contributed by atoms with Crippen molar-refractivity contribution in [2.45, 2.75) is 39.0 Å². The number of hydrogen-bond donors (Lipinski definition) is 1. The van der Waals surface area contributed by atoms with Gasteiger partial charge in [0.25, 0.3) is 0 Å². The zero-order valence-electron chi connectivity index (χ0n) is 12.7. The van der Waals surface area contributed by atoms with E-state index in [4.69, 9.17) is 15.2 Å². The summed E-state index contributed by atoms with van der Waals surface area (Å²) >= 11 is 0. The first kappa shape index (κ1) is 15.3. The summed E-state index contributed by atoms with van der Waals surface area (Å²) in [5.74, 6) is 0.942. The molecule has 112 valence electrons. The first-order chi connectivity index (χ1) is 9.65. The molecule has 1 aromatic rings. The number of nitrogens with zero attached hydrogens (tertiary/aromatic N) is 1. The third-order valence-corrected chi connectivity index (χ3v) is 3.69. The summed E-state index contributed by atoms with van der Waals surface area (Å²) in [6, 6.07) is 8.38. The Balaban J connectivity index is 2.23. The molecule has 2 rings (SSSR count). The molecule has 2 N–H and O–H groups in total. The highest BCUT2D eigenvalue weighted by atomic mass is 16.5. The number of hydrogen-bond acceptors (Lipinski definition) is 4. The SMILES string of the molecule is CCOc1ccccc1[C@H](CN)N1C[C@H](C)O[C@@H](C)C1. The summed E-state index contributed by atoms with van der Waals surface area (Å²) in [5.41, 5.74) is 7.23. The molecule has 0 bridgehead atoms. The van der Waals surface area contributed by atoms with Crippen LogP contribution < -0.4 is 10.5 Å². The standard InChI is InChI=1S/C16H26N2O2/c1-4-19-16-8-6-5-7-14(16)15(9-17)18-10-12(2)20-13(3)11-18/h5-8,12-13,15H,4,9-11,17H2,1-3H3/t12-,13-,15-/m0/s1. The summed E-state index contributed by atoms with van der Waals surface area (Å²) in [6.45, 7) is 9.32. The summed E-state index contributed by atoms with van der Waals surface area (Å²) in [5, 5.41) is 0. The van der Waals surface area contributed by atoms with Gasteiger partial charge in [-0.05, 0) is 26.8 Å². The molecular weight excluding hydrogens is 252 g/mol. The molecule has 0 radical (unpaired) electrons. The Labute approximate surface area is 121 Å². The van der Waals surface area contributed by atoms with Crippen LogP contribution in [-0.2, 0) is 4.74 Å². The lowest BCUT2D eigenvalue weighted by atomic mass is 10.0. The van der Waals surface area contributed by atoms with Crippen LogP contribution in [0, 0.1) is 0 Å². The van der Waals surface area contributed by atoms with E-state index < -0.39 is 0 Å². The van der Waals surface area contributed by atoms with Crippen molar-refractivity contribution in [2.75, 3.05) is 26.2 Å². The van der Waals surface area contributed by atoms with Crippen molar-refractivity contribution in [1.29, 1.82) is 0 Å². The van der Waals surface area contributed by atoms with E-state index in [0.717, 1.165) is 18.8 Å². The number of ether oxygens (including phenoxy) is 2. The van der Waals surface area contributed by atoms with Crippen molar-refractivity contribution >= 4 is 0 Å². The molecule has 0 spiro atoms. The Morgan fingerprint density at radius 3 is 2.55 bits per heavy atom. The number of rotatable bonds is 5. The molecule has 1 aromatic carbocycles. The molecule has 0 aromatic heterocycles. The third-order valence-electron chi connectivity index (χ3n) is 3.69. The van der Waals surface area contributed by atoms with Gasteiger partial charge in [-0.2, -0.15) is 0 Å². The van der Waals surface area contributed by atoms with Crippen molar-refractivity contribution in [3.05, 3.63) is 29.8 Å². The van der Waals surface area contributed by atoms with E-state index in [2.05, 4.69) is 24.8 Å². The van der Waals surface area contributed by atoms with Gasteiger partial charge < -0.3 is 15.2 Å². The lowest BCUT2D eigenvalue weighted by Crippen LogP contribution is -2.48. The number of morpholine rings is 1. The highest BCUT2D eigenvalue weighted by molar-refractivity contribution is 5.36. The Hall–Kier alpha value is -1.10. The monoisotopic (exact) mass is 278 g/mol. The Kier molecular flexibility index (Phi) is 5.40. The Morgan fingerprint density at radius 1 is 1.30 bits per heavy atom. The summed E-state index contributed by atoms with van der Waals surface area (Å²) in [6.07, 6.45) is 0.485. The van der Waals surface area contributed by atoms with E-state index in [1.165, 1.54) is 5.56 Å². The highest BCUT2D eigenvalue weighted by Crippen LogP contribution is 2.30. The summed E-state index contributed by atoms with van der Waals surface area (Å²) in [4.78, 5) is 2.41. The van der Waals surface area contributed by atoms with Crippen LogP contribution in [0.3, 0.4) is 0 Å². The fourth-order valence-corrected chi connectivity index (χ4v) is 2.99. The number of nitrogens with two attached hydrogens (primary N) is 1. The van der Waals surface area contributed by atoms with Gasteiger partial charge in [-0.1, -0.05) is 18.2 Å². The van der Waals surface area contributed by atoms with Crippen molar-refractivity contribution in [1.82, 2.24) is 4.90 Å². The lowest BCUT2D eigenvalue weighted by molar-refractivity contribution is -0.0801. The van der Waals surface area contributed by atoms with Crippen LogP contribution in [0.4, 0.5) is 0 Å². The second-order valence-electron chi connectivity index (χ2n) is 5.43. The van der Waals surface area contributed by atoms with Gasteiger partial charge in [0.1, 0.15) is 5.75 Å². The van der Waals surface area contributed by atoms with Gasteiger partial charge in [0.2, 0.25) is 0 Å². The van der Waals surface area contributed by atoms with Crippen LogP contribution in [-0.4, -0.2) is 43.3 Å². The zero-order chi connectivity index (χ0) is 14.5. The molecule has 1 aliphatic heterocycles. The fraction of sp³-hybridized carbons (Fsp3) is 0.625. The molecule has 0 aliphatic carbocycles. The molecule has 1 saturated heterocycles. The number of benzene rings is 1. The van der Waals surface area contributed by atoms with Gasteiger partial charge in [0.15, 0.2) is 0 Å². The minimum atomic E-state index is 0.187. The van der Waals surface area contributed by atoms with Crippen LogP contribution in [0.25, 0.3) is 0 Å². The zero-order valence-corrected chi connectivity index (χ0v) is 12.7. The van der Waals surface area contributed by atoms with Crippen LogP contribution in [0.15, 0.2) is 24.3 Å². The maximum atomic E-state index is 6.05. The minimum Gasteiger partial charge on any atom is -0.494 e. The van der Waals surface area contributed by atoms with Crippen LogP contribution in [0.1, 0.15) is 32.4 Å². The van der Waals surface area contributed by atoms with Gasteiger partial charge in [0.05, 0.1) is 24.9 Å². The van der Waals surface area contributed by atoms with Crippen molar-refractivity contribution < 1.29 is 9.47 Å². The second kappa shape index (κ2) is 7.07. The van der Waals surface area contributed by atoms with Crippen molar-refractivity contribution in [3.8, 4) is 5.75 Å². The fourth-order valence-electron chi connectivity index (χ4n) is 2.99. The van der Waals surface area contributed by atoms with E-state index in [1.807, 2.05) is 25.1 Å². The Morgan fingerprint density at radius 2 is 1.95 bits per heavy atom. The van der Waals surface area contributed by atoms with Gasteiger partial charge in [-0.25, -0.2) is 0 Å². The molecule has 4 heteroatoms. The average molecular weight is 278 g/mol. The topological polar surface area (TPSA) is 47.7 Å². The predicted molar refractivity (Wildman–Crippen MR) is 81.0 cm³/mol. The molecule has 1 aliphatic rings. The normalized spacial score (nSPS) is 25.4. The summed E-state index contributed by atoms with van der Waals surface area (Å²) in [7, 11) is 0. The largest absolute Gasteiger partial charge is 0.494 e. The molecule has 4 nitrogen and oxygen atoms in total. The van der Waals surface area contributed by atoms with E-state index >= 15 is 0 Å². The predicted octanol–water partition coefficient (Wildman–Crippen LogP) is 2.19. The smallest absolute Gasteiger partial charge is 0.124 e. The average Bonchev–Trinajstić information content (AvgIpc) is 2.41. The molecular formula is C16H26N2O2. The Bertz CT molecular complexity index is 415. The van der Waals surface area contributed by atoms with Gasteiger partial charge in [0, 0.05) is 25.2 Å². The van der Waals surface area contributed by atoms with Gasteiger partial charge in [-0.15, -0.1) is 0 Å². The third kappa shape index (κ3) is 3.51. The van der Waals surface area contributed by atoms with Crippen LogP contribution in [0.2, 0.25) is 0 Å². The molecule has 20 heavy (non-hydrogen) atoms. The van der Waals surface area contributed by atoms with Gasteiger partial charge in [-0.3, -0.25) is 4.90 Å². The molecule has 0 amide bonds. The molecule has 3 atom stereocenters. The van der Waals surface area contributed by atoms with E-state index in [1.54, 1.807) is 0 Å². The van der Waals surface area contributed by atoms with Crippen LogP contribution >= 0.6 is 0 Å². The first-order valence-electron chi connectivity index (χ1n) is 7.47.